The molecule has 120 valence electrons. The predicted molar refractivity (Wildman–Crippen MR) is 84.7 cm³/mol. The lowest BCUT2D eigenvalue weighted by Crippen LogP contribution is -2.38. The normalized spacial score (nSPS) is 23.6. The number of rotatable bonds is 10. The van der Waals surface area contributed by atoms with E-state index >= 15 is 0 Å². The van der Waals surface area contributed by atoms with Crippen LogP contribution in [-0.4, -0.2) is 30.6 Å². The van der Waals surface area contributed by atoms with Crippen LogP contribution in [0.25, 0.3) is 0 Å². The molecule has 0 aromatic rings. The molecule has 2 atom stereocenters. The first-order chi connectivity index (χ1) is 9.58. The highest BCUT2D eigenvalue weighted by molar-refractivity contribution is 7.92. The van der Waals surface area contributed by atoms with Gasteiger partial charge in [-0.15, -0.1) is 0 Å². The summed E-state index contributed by atoms with van der Waals surface area (Å²) in [5.74, 6) is 0.270. The Morgan fingerprint density at radius 1 is 1.00 bits per heavy atom. The fourth-order valence-corrected chi connectivity index (χ4v) is 5.13. The van der Waals surface area contributed by atoms with Crippen LogP contribution in [0.3, 0.4) is 0 Å². The van der Waals surface area contributed by atoms with Crippen LogP contribution in [0.5, 0.6) is 0 Å². The van der Waals surface area contributed by atoms with Crippen molar-refractivity contribution < 1.29 is 13.5 Å². The Labute approximate surface area is 125 Å². The summed E-state index contributed by atoms with van der Waals surface area (Å²) in [6.07, 6.45) is 12.2. The Bertz CT molecular complexity index is 338. The Kier molecular flexibility index (Phi) is 8.78. The molecule has 0 saturated carbocycles. The molecular formula is C16H32O3S. The van der Waals surface area contributed by atoms with E-state index in [4.69, 9.17) is 0 Å². The van der Waals surface area contributed by atoms with Crippen molar-refractivity contribution in [3.63, 3.8) is 0 Å². The Balaban J connectivity index is 2.09. The van der Waals surface area contributed by atoms with Crippen molar-refractivity contribution in [3.8, 4) is 0 Å². The molecular weight excluding hydrogens is 272 g/mol. The standard InChI is InChI=1S/C16H32O3S/c1-2-3-4-5-6-7-8-9-12-15(17)16-13-10-11-14-20(16,18)19/h15-17H,2-14H2,1H3. The first-order valence-corrected chi connectivity index (χ1v) is 10.2. The van der Waals surface area contributed by atoms with Crippen molar-refractivity contribution in [1.29, 1.82) is 0 Å². The second kappa shape index (κ2) is 9.78. The molecule has 2 unspecified atom stereocenters. The molecule has 4 heteroatoms. The molecule has 1 saturated heterocycles. The third-order valence-electron chi connectivity index (χ3n) is 4.41. The molecule has 0 amide bonds. The molecule has 0 aliphatic carbocycles. The zero-order valence-corrected chi connectivity index (χ0v) is 13.8. The van der Waals surface area contributed by atoms with E-state index in [1.165, 1.54) is 38.5 Å². The van der Waals surface area contributed by atoms with Crippen LogP contribution >= 0.6 is 0 Å². The maximum Gasteiger partial charge on any atom is 0.155 e. The zero-order chi connectivity index (χ0) is 14.8. The summed E-state index contributed by atoms with van der Waals surface area (Å²) in [6, 6.07) is 0. The fourth-order valence-electron chi connectivity index (χ4n) is 3.08. The first kappa shape index (κ1) is 18.0. The quantitative estimate of drug-likeness (QED) is 0.624. The minimum absolute atomic E-state index is 0.270. The highest BCUT2D eigenvalue weighted by Gasteiger charge is 2.34. The fraction of sp³-hybridized carbons (Fsp3) is 1.00. The Morgan fingerprint density at radius 2 is 1.60 bits per heavy atom. The minimum atomic E-state index is -3.03. The SMILES string of the molecule is CCCCCCCCCCC(O)C1CCCCS1(=O)=O. The topological polar surface area (TPSA) is 54.4 Å². The summed E-state index contributed by atoms with van der Waals surface area (Å²) in [5, 5.41) is 9.62. The number of hydrogen-bond acceptors (Lipinski definition) is 3. The first-order valence-electron chi connectivity index (χ1n) is 8.47. The van der Waals surface area contributed by atoms with E-state index in [1.807, 2.05) is 0 Å². The number of aliphatic hydroxyl groups is 1. The van der Waals surface area contributed by atoms with Gasteiger partial charge in [0, 0.05) is 0 Å². The molecule has 1 rings (SSSR count). The predicted octanol–water partition coefficient (Wildman–Crippen LogP) is 3.85. The van der Waals surface area contributed by atoms with Crippen LogP contribution in [-0.2, 0) is 9.84 Å². The molecule has 0 spiro atoms. The van der Waals surface area contributed by atoms with Gasteiger partial charge < -0.3 is 5.11 Å². The molecule has 1 fully saturated rings. The third-order valence-corrected chi connectivity index (χ3v) is 6.74. The largest absolute Gasteiger partial charge is 0.392 e. The summed E-state index contributed by atoms with van der Waals surface area (Å²) in [4.78, 5) is 0. The van der Waals surface area contributed by atoms with Crippen molar-refractivity contribution in [1.82, 2.24) is 0 Å². The Hall–Kier alpha value is -0.0900. The molecule has 1 aliphatic rings. The van der Waals surface area contributed by atoms with Crippen LogP contribution in [0.4, 0.5) is 0 Å². The molecule has 0 aromatic heterocycles. The molecule has 0 radical (unpaired) electrons. The number of sulfone groups is 1. The average Bonchev–Trinajstić information content (AvgIpc) is 2.41. The van der Waals surface area contributed by atoms with Crippen LogP contribution in [0, 0.1) is 0 Å². The smallest absolute Gasteiger partial charge is 0.155 e. The van der Waals surface area contributed by atoms with Gasteiger partial charge in [-0.2, -0.15) is 0 Å². The van der Waals surface area contributed by atoms with Crippen LogP contribution in [0.15, 0.2) is 0 Å². The summed E-state index contributed by atoms with van der Waals surface area (Å²) in [7, 11) is -3.03. The van der Waals surface area contributed by atoms with Gasteiger partial charge in [0.25, 0.3) is 0 Å². The molecule has 1 heterocycles. The Morgan fingerprint density at radius 3 is 2.20 bits per heavy atom. The summed E-state index contributed by atoms with van der Waals surface area (Å²) in [5.41, 5.74) is 0. The van der Waals surface area contributed by atoms with Gasteiger partial charge in [0.15, 0.2) is 9.84 Å². The summed E-state index contributed by atoms with van der Waals surface area (Å²) >= 11 is 0. The van der Waals surface area contributed by atoms with Gasteiger partial charge in [-0.3, -0.25) is 0 Å². The monoisotopic (exact) mass is 304 g/mol. The second-order valence-electron chi connectivity index (χ2n) is 6.23. The van der Waals surface area contributed by atoms with Gasteiger partial charge in [-0.1, -0.05) is 64.7 Å². The molecule has 1 aliphatic heterocycles. The van der Waals surface area contributed by atoms with Gasteiger partial charge in [0.2, 0.25) is 0 Å². The van der Waals surface area contributed by atoms with E-state index in [0.717, 1.165) is 25.7 Å². The molecule has 1 N–H and O–H groups in total. The van der Waals surface area contributed by atoms with Crippen molar-refractivity contribution in [2.45, 2.75) is 95.3 Å². The van der Waals surface area contributed by atoms with Gasteiger partial charge in [-0.05, 0) is 19.3 Å². The maximum absolute atomic E-state index is 11.9. The van der Waals surface area contributed by atoms with Crippen LogP contribution < -0.4 is 0 Å². The number of aliphatic hydroxyl groups excluding tert-OH is 1. The lowest BCUT2D eigenvalue weighted by molar-refractivity contribution is 0.148. The lowest BCUT2D eigenvalue weighted by Gasteiger charge is -2.26. The maximum atomic E-state index is 11.9. The van der Waals surface area contributed by atoms with Gasteiger partial charge in [-0.25, -0.2) is 8.42 Å². The third kappa shape index (κ3) is 6.57. The van der Waals surface area contributed by atoms with E-state index in [9.17, 15) is 13.5 Å². The molecule has 20 heavy (non-hydrogen) atoms. The van der Waals surface area contributed by atoms with E-state index in [2.05, 4.69) is 6.92 Å². The molecule has 0 bridgehead atoms. The minimum Gasteiger partial charge on any atom is -0.392 e. The van der Waals surface area contributed by atoms with Crippen molar-refractivity contribution in [2.24, 2.45) is 0 Å². The zero-order valence-electron chi connectivity index (χ0n) is 13.0. The highest BCUT2D eigenvalue weighted by atomic mass is 32.2. The number of unbranched alkanes of at least 4 members (excludes halogenated alkanes) is 7. The van der Waals surface area contributed by atoms with E-state index < -0.39 is 21.2 Å². The summed E-state index contributed by atoms with van der Waals surface area (Å²) < 4.78 is 23.8. The highest BCUT2D eigenvalue weighted by Crippen LogP contribution is 2.25. The number of hydrogen-bond donors (Lipinski definition) is 1. The van der Waals surface area contributed by atoms with E-state index in [-0.39, 0.29) is 5.75 Å². The van der Waals surface area contributed by atoms with Crippen LogP contribution in [0.2, 0.25) is 0 Å². The van der Waals surface area contributed by atoms with Gasteiger partial charge in [0.1, 0.15) is 0 Å². The molecule has 0 aromatic carbocycles. The average molecular weight is 304 g/mol. The lowest BCUT2D eigenvalue weighted by atomic mass is 10.0. The van der Waals surface area contributed by atoms with Gasteiger partial charge in [0.05, 0.1) is 17.1 Å². The second-order valence-corrected chi connectivity index (χ2v) is 8.57. The molecule has 3 nitrogen and oxygen atoms in total. The van der Waals surface area contributed by atoms with Crippen molar-refractivity contribution in [2.75, 3.05) is 5.75 Å². The summed E-state index contributed by atoms with van der Waals surface area (Å²) in [6.45, 7) is 2.22. The van der Waals surface area contributed by atoms with Gasteiger partial charge >= 0.3 is 0 Å². The van der Waals surface area contributed by atoms with Crippen LogP contribution in [0.1, 0.15) is 84.0 Å². The van der Waals surface area contributed by atoms with Crippen molar-refractivity contribution >= 4 is 9.84 Å². The van der Waals surface area contributed by atoms with E-state index in [1.54, 1.807) is 0 Å². The van der Waals surface area contributed by atoms with Crippen molar-refractivity contribution in [3.05, 3.63) is 0 Å². The van der Waals surface area contributed by atoms with E-state index in [0.29, 0.717) is 12.8 Å².